The van der Waals surface area contributed by atoms with Gasteiger partial charge in [-0.3, -0.25) is 0 Å². The molecule has 0 aliphatic heterocycles. The molecule has 1 heterocycles. The summed E-state index contributed by atoms with van der Waals surface area (Å²) in [5.74, 6) is -0.402. The fraction of sp³-hybridized carbons (Fsp3) is 0.182. The van der Waals surface area contributed by atoms with Crippen LogP contribution in [0.3, 0.4) is 0 Å². The van der Waals surface area contributed by atoms with Crippen LogP contribution in [0, 0.1) is 18.6 Å². The van der Waals surface area contributed by atoms with E-state index in [2.05, 4.69) is 17.8 Å². The highest BCUT2D eigenvalue weighted by Crippen LogP contribution is 2.26. The van der Waals surface area contributed by atoms with Crippen molar-refractivity contribution in [2.75, 3.05) is 0 Å². The van der Waals surface area contributed by atoms with Crippen molar-refractivity contribution in [3.8, 4) is 11.3 Å². The number of aryl methyl sites for hydroxylation is 1. The highest BCUT2D eigenvalue weighted by atomic mass is 32.1. The van der Waals surface area contributed by atoms with E-state index < -0.39 is 11.6 Å². The Balaban J connectivity index is 2.51. The molecule has 0 atom stereocenters. The Labute approximate surface area is 96.7 Å². The zero-order valence-electron chi connectivity index (χ0n) is 8.50. The largest absolute Gasteiger partial charge is 0.356 e. The minimum absolute atomic E-state index is 0.0728. The highest BCUT2D eigenvalue weighted by Gasteiger charge is 2.13. The van der Waals surface area contributed by atoms with Crippen LogP contribution in [-0.2, 0) is 5.75 Å². The number of halogens is 2. The summed E-state index contributed by atoms with van der Waals surface area (Å²) in [6, 6.07) is 3.78. The van der Waals surface area contributed by atoms with Gasteiger partial charge in [-0.05, 0) is 24.6 Å². The van der Waals surface area contributed by atoms with Gasteiger partial charge in [0.2, 0.25) is 0 Å². The van der Waals surface area contributed by atoms with Crippen molar-refractivity contribution in [2.45, 2.75) is 12.7 Å². The van der Waals surface area contributed by atoms with E-state index in [0.717, 1.165) is 12.1 Å². The van der Waals surface area contributed by atoms with E-state index in [-0.39, 0.29) is 16.9 Å². The lowest BCUT2D eigenvalue weighted by Crippen LogP contribution is -1.89. The van der Waals surface area contributed by atoms with Crippen LogP contribution in [0.1, 0.15) is 11.3 Å². The first-order chi connectivity index (χ1) is 7.61. The van der Waals surface area contributed by atoms with Gasteiger partial charge >= 0.3 is 0 Å². The molecule has 0 N–H and O–H groups in total. The first-order valence-electron chi connectivity index (χ1n) is 4.64. The maximum absolute atomic E-state index is 13.6. The van der Waals surface area contributed by atoms with Crippen LogP contribution in [0.5, 0.6) is 0 Å². The summed E-state index contributed by atoms with van der Waals surface area (Å²) in [4.78, 5) is 0. The summed E-state index contributed by atoms with van der Waals surface area (Å²) in [6.45, 7) is 1.50. The number of benzene rings is 1. The predicted octanol–water partition coefficient (Wildman–Crippen LogP) is 3.36. The van der Waals surface area contributed by atoms with Crippen LogP contribution in [0.15, 0.2) is 22.7 Å². The fourth-order valence-electron chi connectivity index (χ4n) is 1.35. The van der Waals surface area contributed by atoms with E-state index in [0.29, 0.717) is 11.4 Å². The molecule has 1 aromatic carbocycles. The third kappa shape index (κ3) is 1.95. The van der Waals surface area contributed by atoms with E-state index in [1.54, 1.807) is 6.07 Å². The molecule has 16 heavy (non-hydrogen) atoms. The van der Waals surface area contributed by atoms with Crippen LogP contribution in [-0.4, -0.2) is 5.16 Å². The fourth-order valence-corrected chi connectivity index (χ4v) is 1.50. The second-order valence-corrected chi connectivity index (χ2v) is 3.74. The molecule has 0 bridgehead atoms. The summed E-state index contributed by atoms with van der Waals surface area (Å²) in [7, 11) is 0. The van der Waals surface area contributed by atoms with Gasteiger partial charge in [0.25, 0.3) is 0 Å². The normalized spacial score (nSPS) is 10.8. The van der Waals surface area contributed by atoms with Crippen LogP contribution >= 0.6 is 12.6 Å². The van der Waals surface area contributed by atoms with Gasteiger partial charge in [0.15, 0.2) is 5.76 Å². The Hall–Kier alpha value is -1.36. The van der Waals surface area contributed by atoms with Crippen molar-refractivity contribution >= 4 is 12.6 Å². The van der Waals surface area contributed by atoms with Gasteiger partial charge < -0.3 is 4.52 Å². The summed E-state index contributed by atoms with van der Waals surface area (Å²) < 4.78 is 31.8. The second kappa shape index (κ2) is 4.25. The number of thiol groups is 1. The molecular formula is C11H9F2NOS. The van der Waals surface area contributed by atoms with Crippen molar-refractivity contribution in [2.24, 2.45) is 0 Å². The van der Waals surface area contributed by atoms with Crippen molar-refractivity contribution in [1.82, 2.24) is 5.16 Å². The molecule has 0 saturated carbocycles. The highest BCUT2D eigenvalue weighted by molar-refractivity contribution is 7.79. The average Bonchev–Trinajstić information content (AvgIpc) is 2.71. The van der Waals surface area contributed by atoms with Gasteiger partial charge in [0.1, 0.15) is 11.6 Å². The maximum atomic E-state index is 13.6. The lowest BCUT2D eigenvalue weighted by molar-refractivity contribution is 0.424. The molecule has 0 fully saturated rings. The molecule has 0 aliphatic rings. The Morgan fingerprint density at radius 3 is 2.62 bits per heavy atom. The zero-order chi connectivity index (χ0) is 11.7. The number of hydrogen-bond acceptors (Lipinski definition) is 3. The van der Waals surface area contributed by atoms with Gasteiger partial charge in [-0.1, -0.05) is 5.16 Å². The molecule has 2 aromatic rings. The standard InChI is InChI=1S/C11H9F2NOS/c1-6-2-10(13)8(4-9(6)12)11-3-7(5-16)14-15-11/h2-4,16H,5H2,1H3. The molecule has 1 aromatic heterocycles. The molecule has 0 unspecified atom stereocenters. The molecular weight excluding hydrogens is 232 g/mol. The van der Waals surface area contributed by atoms with Crippen LogP contribution in [0.4, 0.5) is 8.78 Å². The minimum atomic E-state index is -0.527. The Morgan fingerprint density at radius 2 is 2.00 bits per heavy atom. The quantitative estimate of drug-likeness (QED) is 0.816. The van der Waals surface area contributed by atoms with Gasteiger partial charge in [-0.15, -0.1) is 0 Å². The molecule has 84 valence electrons. The molecule has 0 amide bonds. The molecule has 0 saturated heterocycles. The van der Waals surface area contributed by atoms with E-state index in [1.807, 2.05) is 0 Å². The summed E-state index contributed by atoms with van der Waals surface area (Å²) >= 11 is 4.01. The van der Waals surface area contributed by atoms with E-state index >= 15 is 0 Å². The Bertz CT molecular complexity index is 525. The van der Waals surface area contributed by atoms with Gasteiger partial charge in [0.05, 0.1) is 11.3 Å². The Morgan fingerprint density at radius 1 is 1.25 bits per heavy atom. The molecule has 2 rings (SSSR count). The lowest BCUT2D eigenvalue weighted by Gasteiger charge is -2.01. The number of rotatable bonds is 2. The van der Waals surface area contributed by atoms with Crippen molar-refractivity contribution in [3.05, 3.63) is 41.1 Å². The summed E-state index contributed by atoms with van der Waals surface area (Å²) in [5.41, 5.74) is 0.914. The van der Waals surface area contributed by atoms with E-state index in [1.165, 1.54) is 6.92 Å². The third-order valence-electron chi connectivity index (χ3n) is 2.23. The van der Waals surface area contributed by atoms with Crippen LogP contribution < -0.4 is 0 Å². The lowest BCUT2D eigenvalue weighted by atomic mass is 10.1. The van der Waals surface area contributed by atoms with Crippen molar-refractivity contribution in [1.29, 1.82) is 0 Å². The van der Waals surface area contributed by atoms with Crippen LogP contribution in [0.25, 0.3) is 11.3 Å². The molecule has 2 nitrogen and oxygen atoms in total. The Kier molecular flexibility index (Phi) is 2.96. The predicted molar refractivity (Wildman–Crippen MR) is 59.3 cm³/mol. The smallest absolute Gasteiger partial charge is 0.170 e. The van der Waals surface area contributed by atoms with E-state index in [9.17, 15) is 8.78 Å². The first kappa shape index (κ1) is 11.1. The van der Waals surface area contributed by atoms with Crippen molar-refractivity contribution < 1.29 is 13.3 Å². The molecule has 0 aliphatic carbocycles. The monoisotopic (exact) mass is 241 g/mol. The van der Waals surface area contributed by atoms with Crippen LogP contribution in [0.2, 0.25) is 0 Å². The number of hydrogen-bond donors (Lipinski definition) is 1. The molecule has 0 spiro atoms. The maximum Gasteiger partial charge on any atom is 0.170 e. The summed E-state index contributed by atoms with van der Waals surface area (Å²) in [6.07, 6.45) is 0. The molecule has 5 heteroatoms. The first-order valence-corrected chi connectivity index (χ1v) is 5.27. The minimum Gasteiger partial charge on any atom is -0.356 e. The number of aromatic nitrogens is 1. The van der Waals surface area contributed by atoms with Crippen molar-refractivity contribution in [3.63, 3.8) is 0 Å². The second-order valence-electron chi connectivity index (χ2n) is 3.42. The third-order valence-corrected chi connectivity index (χ3v) is 2.56. The van der Waals surface area contributed by atoms with E-state index in [4.69, 9.17) is 4.52 Å². The van der Waals surface area contributed by atoms with Gasteiger partial charge in [0, 0.05) is 11.8 Å². The molecule has 0 radical (unpaired) electrons. The number of nitrogens with zero attached hydrogens (tertiary/aromatic N) is 1. The topological polar surface area (TPSA) is 26.0 Å². The summed E-state index contributed by atoms with van der Waals surface area (Å²) in [5, 5.41) is 3.66. The van der Waals surface area contributed by atoms with Gasteiger partial charge in [-0.25, -0.2) is 8.78 Å². The average molecular weight is 241 g/mol. The van der Waals surface area contributed by atoms with Gasteiger partial charge in [-0.2, -0.15) is 12.6 Å². The SMILES string of the molecule is Cc1cc(F)c(-c2cc(CS)no2)cc1F. The zero-order valence-corrected chi connectivity index (χ0v) is 9.39.